The topological polar surface area (TPSA) is 46.9 Å². The summed E-state index contributed by atoms with van der Waals surface area (Å²) in [4.78, 5) is 15.7. The van der Waals surface area contributed by atoms with E-state index in [-0.39, 0.29) is 17.8 Å². The van der Waals surface area contributed by atoms with Crippen molar-refractivity contribution in [2.24, 2.45) is 0 Å². The number of unbranched alkanes of at least 4 members (excludes halogenated alkanes) is 1. The van der Waals surface area contributed by atoms with E-state index in [1.165, 1.54) is 10.8 Å². The molecule has 4 nitrogen and oxygen atoms in total. The first-order chi connectivity index (χ1) is 8.94. The maximum Gasteiger partial charge on any atom is 0.389 e. The van der Waals surface area contributed by atoms with Crippen LogP contribution in [0.15, 0.2) is 17.2 Å². The lowest BCUT2D eigenvalue weighted by Gasteiger charge is -2.09. The fourth-order valence-electron chi connectivity index (χ4n) is 1.64. The Labute approximate surface area is 109 Å². The highest BCUT2D eigenvalue weighted by molar-refractivity contribution is 5.30. The van der Waals surface area contributed by atoms with Crippen LogP contribution in [0.1, 0.15) is 32.6 Å². The van der Waals surface area contributed by atoms with Gasteiger partial charge in [-0.3, -0.25) is 4.79 Å². The smallest absolute Gasteiger partial charge is 0.365 e. The minimum absolute atomic E-state index is 0.0481. The standard InChI is InChI=1S/C12H18F3N3O/c1-2-8-18-9-7-17-10(11(18)19)16-6-4-3-5-12(13,14)15/h7,9H,2-6,8H2,1H3,(H,16,17). The van der Waals surface area contributed by atoms with Crippen molar-refractivity contribution in [1.29, 1.82) is 0 Å². The Bertz CT molecular complexity index is 443. The largest absolute Gasteiger partial charge is 0.389 e. The van der Waals surface area contributed by atoms with Gasteiger partial charge in [-0.1, -0.05) is 6.92 Å². The van der Waals surface area contributed by atoms with Crippen molar-refractivity contribution >= 4 is 5.82 Å². The Morgan fingerprint density at radius 1 is 1.37 bits per heavy atom. The van der Waals surface area contributed by atoms with Crippen LogP contribution in [0, 0.1) is 0 Å². The third kappa shape index (κ3) is 5.76. The molecule has 7 heteroatoms. The molecule has 0 unspecified atom stereocenters. The van der Waals surface area contributed by atoms with Crippen LogP contribution in [0.2, 0.25) is 0 Å². The molecule has 1 heterocycles. The van der Waals surface area contributed by atoms with Gasteiger partial charge in [-0.15, -0.1) is 0 Å². The monoisotopic (exact) mass is 277 g/mol. The molecule has 1 N–H and O–H groups in total. The quantitative estimate of drug-likeness (QED) is 0.780. The zero-order valence-corrected chi connectivity index (χ0v) is 10.8. The molecule has 0 spiro atoms. The van der Waals surface area contributed by atoms with Crippen LogP contribution in [-0.4, -0.2) is 22.3 Å². The summed E-state index contributed by atoms with van der Waals surface area (Å²) in [7, 11) is 0. The molecule has 0 amide bonds. The number of hydrogen-bond acceptors (Lipinski definition) is 3. The first-order valence-electron chi connectivity index (χ1n) is 6.30. The van der Waals surface area contributed by atoms with Crippen LogP contribution < -0.4 is 10.9 Å². The van der Waals surface area contributed by atoms with Gasteiger partial charge in [0.05, 0.1) is 0 Å². The lowest BCUT2D eigenvalue weighted by Crippen LogP contribution is -2.24. The minimum atomic E-state index is -4.11. The number of halogens is 3. The lowest BCUT2D eigenvalue weighted by atomic mass is 10.2. The van der Waals surface area contributed by atoms with E-state index in [1.807, 2.05) is 6.92 Å². The van der Waals surface area contributed by atoms with Gasteiger partial charge in [0, 0.05) is 31.9 Å². The van der Waals surface area contributed by atoms with Gasteiger partial charge >= 0.3 is 6.18 Å². The molecule has 0 fully saturated rings. The number of aryl methyl sites for hydroxylation is 1. The predicted octanol–water partition coefficient (Wildman–Crippen LogP) is 2.80. The fourth-order valence-corrected chi connectivity index (χ4v) is 1.64. The van der Waals surface area contributed by atoms with Crippen molar-refractivity contribution in [3.8, 4) is 0 Å². The van der Waals surface area contributed by atoms with E-state index in [1.54, 1.807) is 6.20 Å². The zero-order valence-electron chi connectivity index (χ0n) is 10.8. The van der Waals surface area contributed by atoms with E-state index in [9.17, 15) is 18.0 Å². The molecule has 0 aliphatic carbocycles. The summed E-state index contributed by atoms with van der Waals surface area (Å²) in [6.45, 7) is 2.87. The van der Waals surface area contributed by atoms with E-state index >= 15 is 0 Å². The van der Waals surface area contributed by atoms with Crippen molar-refractivity contribution in [1.82, 2.24) is 9.55 Å². The summed E-state index contributed by atoms with van der Waals surface area (Å²) < 4.78 is 37.3. The summed E-state index contributed by atoms with van der Waals surface area (Å²) in [5.41, 5.74) is -0.236. The molecule has 1 rings (SSSR count). The van der Waals surface area contributed by atoms with Crippen LogP contribution in [0.25, 0.3) is 0 Å². The van der Waals surface area contributed by atoms with Crippen molar-refractivity contribution in [3.63, 3.8) is 0 Å². The van der Waals surface area contributed by atoms with E-state index < -0.39 is 12.6 Å². The summed E-state index contributed by atoms with van der Waals surface area (Å²) in [5.74, 6) is 0.197. The van der Waals surface area contributed by atoms with Gasteiger partial charge in [0.15, 0.2) is 5.82 Å². The number of nitrogens with zero attached hydrogens (tertiary/aromatic N) is 2. The van der Waals surface area contributed by atoms with Crippen molar-refractivity contribution < 1.29 is 13.2 Å². The van der Waals surface area contributed by atoms with Gasteiger partial charge in [0.1, 0.15) is 0 Å². The van der Waals surface area contributed by atoms with Crippen molar-refractivity contribution in [2.45, 2.75) is 45.3 Å². The molecular weight excluding hydrogens is 259 g/mol. The molecule has 1 aromatic heterocycles. The summed E-state index contributed by atoms with van der Waals surface area (Å²) in [5, 5.41) is 2.79. The van der Waals surface area contributed by atoms with Crippen molar-refractivity contribution in [3.05, 3.63) is 22.7 Å². The molecule has 0 bridgehead atoms. The third-order valence-electron chi connectivity index (χ3n) is 2.56. The zero-order chi connectivity index (χ0) is 14.3. The van der Waals surface area contributed by atoms with E-state index in [0.29, 0.717) is 19.5 Å². The number of aromatic nitrogens is 2. The second kappa shape index (κ2) is 7.16. The van der Waals surface area contributed by atoms with Crippen LogP contribution >= 0.6 is 0 Å². The normalized spacial score (nSPS) is 11.6. The Kier molecular flexibility index (Phi) is 5.85. The summed E-state index contributed by atoms with van der Waals surface area (Å²) in [6.07, 6.45) is -0.573. The number of hydrogen-bond donors (Lipinski definition) is 1. The van der Waals surface area contributed by atoms with Gasteiger partial charge in [-0.25, -0.2) is 4.98 Å². The molecule has 0 saturated carbocycles. The van der Waals surface area contributed by atoms with Crippen LogP contribution in [0.5, 0.6) is 0 Å². The molecule has 19 heavy (non-hydrogen) atoms. The van der Waals surface area contributed by atoms with Gasteiger partial charge in [0.2, 0.25) is 0 Å². The van der Waals surface area contributed by atoms with Crippen LogP contribution in [0.4, 0.5) is 19.0 Å². The SMILES string of the molecule is CCCn1ccnc(NCCCCC(F)(F)F)c1=O. The molecule has 0 aromatic carbocycles. The minimum Gasteiger partial charge on any atom is -0.365 e. The maximum absolute atomic E-state index is 11.9. The number of alkyl halides is 3. The summed E-state index contributed by atoms with van der Waals surface area (Å²) in [6, 6.07) is 0. The average Bonchev–Trinajstić information content (AvgIpc) is 2.32. The number of rotatable bonds is 7. The molecule has 1 aromatic rings. The van der Waals surface area contributed by atoms with Crippen molar-refractivity contribution in [2.75, 3.05) is 11.9 Å². The highest BCUT2D eigenvalue weighted by atomic mass is 19.4. The van der Waals surface area contributed by atoms with Gasteiger partial charge in [-0.05, 0) is 19.3 Å². The highest BCUT2D eigenvalue weighted by Gasteiger charge is 2.25. The first kappa shape index (κ1) is 15.5. The molecular formula is C12H18F3N3O. The van der Waals surface area contributed by atoms with E-state index in [2.05, 4.69) is 10.3 Å². The van der Waals surface area contributed by atoms with Crippen LogP contribution in [0.3, 0.4) is 0 Å². The Hall–Kier alpha value is -1.53. The van der Waals surface area contributed by atoms with E-state index in [0.717, 1.165) is 6.42 Å². The molecule has 108 valence electrons. The second-order valence-corrected chi connectivity index (χ2v) is 4.27. The Morgan fingerprint density at radius 3 is 2.74 bits per heavy atom. The van der Waals surface area contributed by atoms with Gasteiger partial charge in [0.25, 0.3) is 5.56 Å². The Morgan fingerprint density at radius 2 is 2.11 bits per heavy atom. The van der Waals surface area contributed by atoms with Crippen LogP contribution in [-0.2, 0) is 6.54 Å². The number of anilines is 1. The summed E-state index contributed by atoms with van der Waals surface area (Å²) >= 11 is 0. The molecule has 0 saturated heterocycles. The molecule has 0 radical (unpaired) electrons. The van der Waals surface area contributed by atoms with Gasteiger partial charge < -0.3 is 9.88 Å². The Balaban J connectivity index is 2.41. The lowest BCUT2D eigenvalue weighted by molar-refractivity contribution is -0.135. The third-order valence-corrected chi connectivity index (χ3v) is 2.56. The molecule has 0 aliphatic rings. The average molecular weight is 277 g/mol. The predicted molar refractivity (Wildman–Crippen MR) is 67.2 cm³/mol. The molecule has 0 atom stereocenters. The highest BCUT2D eigenvalue weighted by Crippen LogP contribution is 2.21. The fraction of sp³-hybridized carbons (Fsp3) is 0.667. The molecule has 0 aliphatic heterocycles. The number of nitrogens with one attached hydrogen (secondary N) is 1. The van der Waals surface area contributed by atoms with Gasteiger partial charge in [-0.2, -0.15) is 13.2 Å². The van der Waals surface area contributed by atoms with E-state index in [4.69, 9.17) is 0 Å². The maximum atomic E-state index is 11.9. The second-order valence-electron chi connectivity index (χ2n) is 4.27. The first-order valence-corrected chi connectivity index (χ1v) is 6.30.